The van der Waals surface area contributed by atoms with Crippen molar-refractivity contribution >= 4 is 43.9 Å². The molecule has 3 aromatic carbocycles. The van der Waals surface area contributed by atoms with E-state index in [4.69, 9.17) is 8.83 Å². The Balaban J connectivity index is 1.92. The van der Waals surface area contributed by atoms with Gasteiger partial charge in [-0.3, -0.25) is 4.98 Å². The maximum Gasteiger partial charge on any atom is 0.145 e. The molecule has 0 radical (unpaired) electrons. The molecule has 3 heteroatoms. The van der Waals surface area contributed by atoms with Crippen LogP contribution >= 0.6 is 0 Å². The van der Waals surface area contributed by atoms with Crippen molar-refractivity contribution in [3.05, 3.63) is 79.0 Å². The summed E-state index contributed by atoms with van der Waals surface area (Å²) in [6, 6.07) is 24.2. The molecule has 6 rings (SSSR count). The van der Waals surface area contributed by atoms with Crippen molar-refractivity contribution < 1.29 is 8.83 Å². The van der Waals surface area contributed by atoms with Crippen molar-refractivity contribution in [3.8, 4) is 11.3 Å². The minimum Gasteiger partial charge on any atom is -0.456 e. The van der Waals surface area contributed by atoms with Crippen LogP contribution in [-0.2, 0) is 0 Å². The van der Waals surface area contributed by atoms with Crippen LogP contribution in [0.15, 0.2) is 87.8 Å². The molecule has 0 spiro atoms. The Labute approximate surface area is 148 Å². The van der Waals surface area contributed by atoms with Crippen molar-refractivity contribution in [1.82, 2.24) is 4.98 Å². The molecular weight excluding hydrogens is 322 g/mol. The van der Waals surface area contributed by atoms with Crippen LogP contribution in [0.4, 0.5) is 0 Å². The highest BCUT2D eigenvalue weighted by atomic mass is 16.3. The van der Waals surface area contributed by atoms with Gasteiger partial charge in [-0.25, -0.2) is 0 Å². The van der Waals surface area contributed by atoms with E-state index >= 15 is 0 Å². The number of rotatable bonds is 1. The summed E-state index contributed by atoms with van der Waals surface area (Å²) in [6.07, 6.45) is 1.80. The smallest absolute Gasteiger partial charge is 0.145 e. The van der Waals surface area contributed by atoms with Crippen molar-refractivity contribution in [2.45, 2.75) is 0 Å². The van der Waals surface area contributed by atoms with Gasteiger partial charge in [-0.15, -0.1) is 0 Å². The van der Waals surface area contributed by atoms with Gasteiger partial charge in [0.05, 0.1) is 5.69 Å². The first kappa shape index (κ1) is 13.7. The summed E-state index contributed by atoms with van der Waals surface area (Å²) >= 11 is 0. The van der Waals surface area contributed by atoms with Gasteiger partial charge in [-0.1, -0.05) is 42.5 Å². The van der Waals surface area contributed by atoms with Gasteiger partial charge in [-0.2, -0.15) is 0 Å². The van der Waals surface area contributed by atoms with Crippen molar-refractivity contribution in [2.75, 3.05) is 0 Å². The van der Waals surface area contributed by atoms with E-state index in [0.717, 1.165) is 55.1 Å². The molecule has 0 aliphatic heterocycles. The lowest BCUT2D eigenvalue weighted by atomic mass is 10.0. The van der Waals surface area contributed by atoms with Gasteiger partial charge in [0.2, 0.25) is 0 Å². The lowest BCUT2D eigenvalue weighted by Gasteiger charge is -2.03. The monoisotopic (exact) mass is 335 g/mol. The van der Waals surface area contributed by atoms with Gasteiger partial charge in [-0.05, 0) is 30.3 Å². The number of benzene rings is 3. The fraction of sp³-hybridized carbons (Fsp3) is 0. The molecule has 26 heavy (non-hydrogen) atoms. The van der Waals surface area contributed by atoms with E-state index in [1.54, 1.807) is 6.20 Å². The molecule has 6 aromatic rings. The summed E-state index contributed by atoms with van der Waals surface area (Å²) in [6.45, 7) is 0. The first-order valence-electron chi connectivity index (χ1n) is 8.57. The van der Waals surface area contributed by atoms with Crippen molar-refractivity contribution in [1.29, 1.82) is 0 Å². The minimum absolute atomic E-state index is 0.851. The third kappa shape index (κ3) is 1.74. The number of furan rings is 2. The van der Waals surface area contributed by atoms with E-state index in [1.807, 2.05) is 60.7 Å². The molecule has 0 amide bonds. The number of hydrogen-bond acceptors (Lipinski definition) is 3. The molecule has 0 aliphatic rings. The lowest BCUT2D eigenvalue weighted by Crippen LogP contribution is -1.83. The normalized spacial score (nSPS) is 11.8. The summed E-state index contributed by atoms with van der Waals surface area (Å²) in [5.74, 6) is 0. The Morgan fingerprint density at radius 3 is 2.08 bits per heavy atom. The molecule has 0 unspecified atom stereocenters. The number of aromatic nitrogens is 1. The number of para-hydroxylation sites is 2. The second kappa shape index (κ2) is 4.96. The fourth-order valence-corrected chi connectivity index (χ4v) is 3.82. The van der Waals surface area contributed by atoms with Crippen LogP contribution in [0.3, 0.4) is 0 Å². The number of hydrogen-bond donors (Lipinski definition) is 0. The van der Waals surface area contributed by atoms with Crippen molar-refractivity contribution in [2.24, 2.45) is 0 Å². The molecule has 3 heterocycles. The van der Waals surface area contributed by atoms with Gasteiger partial charge in [0.25, 0.3) is 0 Å². The van der Waals surface area contributed by atoms with E-state index in [0.29, 0.717) is 0 Å². The van der Waals surface area contributed by atoms with E-state index in [9.17, 15) is 0 Å². The standard InChI is InChI=1S/C23H13NO2/c1-3-10-18-14(7-1)21-20(25-18)13-16(17-9-5-6-12-24-17)23-22(21)15-8-2-4-11-19(15)26-23/h1-13H. The second-order valence-corrected chi connectivity index (χ2v) is 6.41. The maximum atomic E-state index is 6.28. The third-order valence-electron chi connectivity index (χ3n) is 4.93. The van der Waals surface area contributed by atoms with Gasteiger partial charge in [0, 0.05) is 33.3 Å². The average molecular weight is 335 g/mol. The van der Waals surface area contributed by atoms with E-state index in [1.165, 1.54) is 0 Å². The van der Waals surface area contributed by atoms with Crippen LogP contribution in [0.2, 0.25) is 0 Å². The van der Waals surface area contributed by atoms with E-state index in [-0.39, 0.29) is 0 Å². The van der Waals surface area contributed by atoms with Crippen LogP contribution in [-0.4, -0.2) is 4.98 Å². The highest BCUT2D eigenvalue weighted by Crippen LogP contribution is 2.43. The molecule has 0 aliphatic carbocycles. The Bertz CT molecular complexity index is 1420. The lowest BCUT2D eigenvalue weighted by molar-refractivity contribution is 0.663. The quantitative estimate of drug-likeness (QED) is 0.342. The molecule has 0 atom stereocenters. The predicted molar refractivity (Wildman–Crippen MR) is 104 cm³/mol. The Hall–Kier alpha value is -3.59. The highest BCUT2D eigenvalue weighted by molar-refractivity contribution is 6.28. The summed E-state index contributed by atoms with van der Waals surface area (Å²) < 4.78 is 12.5. The molecule has 0 fully saturated rings. The maximum absolute atomic E-state index is 6.28. The Morgan fingerprint density at radius 2 is 1.31 bits per heavy atom. The minimum atomic E-state index is 0.851. The summed E-state index contributed by atoms with van der Waals surface area (Å²) in [5.41, 5.74) is 5.28. The molecule has 0 bridgehead atoms. The number of nitrogens with zero attached hydrogens (tertiary/aromatic N) is 1. The second-order valence-electron chi connectivity index (χ2n) is 6.41. The molecule has 0 saturated heterocycles. The van der Waals surface area contributed by atoms with Crippen LogP contribution in [0.1, 0.15) is 0 Å². The van der Waals surface area contributed by atoms with Crippen LogP contribution in [0.25, 0.3) is 55.1 Å². The van der Waals surface area contributed by atoms with Crippen LogP contribution < -0.4 is 0 Å². The first-order chi connectivity index (χ1) is 12.9. The first-order valence-corrected chi connectivity index (χ1v) is 8.57. The Morgan fingerprint density at radius 1 is 0.615 bits per heavy atom. The zero-order valence-electron chi connectivity index (χ0n) is 13.8. The SMILES string of the molecule is c1ccc(-c2cc3oc4ccccc4c3c3c2oc2ccccc23)nc1. The van der Waals surface area contributed by atoms with E-state index < -0.39 is 0 Å². The molecule has 0 saturated carbocycles. The molecular formula is C23H13NO2. The van der Waals surface area contributed by atoms with Crippen molar-refractivity contribution in [3.63, 3.8) is 0 Å². The van der Waals surface area contributed by atoms with Gasteiger partial charge in [0.1, 0.15) is 22.3 Å². The summed E-state index contributed by atoms with van der Waals surface area (Å²) in [7, 11) is 0. The van der Waals surface area contributed by atoms with Gasteiger partial charge < -0.3 is 8.83 Å². The molecule has 3 aromatic heterocycles. The zero-order chi connectivity index (χ0) is 17.1. The topological polar surface area (TPSA) is 39.2 Å². The predicted octanol–water partition coefficient (Wildman–Crippen LogP) is 6.55. The summed E-state index contributed by atoms with van der Waals surface area (Å²) in [5, 5.41) is 4.38. The largest absolute Gasteiger partial charge is 0.456 e. The fourth-order valence-electron chi connectivity index (χ4n) is 3.82. The molecule has 3 nitrogen and oxygen atoms in total. The summed E-state index contributed by atoms with van der Waals surface area (Å²) in [4.78, 5) is 4.53. The van der Waals surface area contributed by atoms with Crippen LogP contribution in [0, 0.1) is 0 Å². The third-order valence-corrected chi connectivity index (χ3v) is 4.93. The number of pyridine rings is 1. The average Bonchev–Trinajstić information content (AvgIpc) is 3.26. The van der Waals surface area contributed by atoms with Gasteiger partial charge in [0.15, 0.2) is 0 Å². The number of fused-ring (bicyclic) bond motifs is 7. The van der Waals surface area contributed by atoms with Crippen LogP contribution in [0.5, 0.6) is 0 Å². The van der Waals surface area contributed by atoms with Gasteiger partial charge >= 0.3 is 0 Å². The Kier molecular flexibility index (Phi) is 2.61. The molecule has 0 N–H and O–H groups in total. The van der Waals surface area contributed by atoms with E-state index in [2.05, 4.69) is 17.1 Å². The zero-order valence-corrected chi connectivity index (χ0v) is 13.8. The highest BCUT2D eigenvalue weighted by Gasteiger charge is 2.20. The molecule has 122 valence electrons.